The maximum Gasteiger partial charge on any atom is 0.358 e. The Labute approximate surface area is 192 Å². The van der Waals surface area contributed by atoms with Gasteiger partial charge >= 0.3 is 5.97 Å². The monoisotopic (exact) mass is 464 g/mol. The minimum Gasteiger partial charge on any atom is -0.476 e. The van der Waals surface area contributed by atoms with Crippen LogP contribution in [0.1, 0.15) is 44.2 Å². The van der Waals surface area contributed by atoms with E-state index < -0.39 is 11.9 Å². The molecule has 3 aromatic heterocycles. The van der Waals surface area contributed by atoms with Crippen LogP contribution in [-0.4, -0.2) is 56.8 Å². The summed E-state index contributed by atoms with van der Waals surface area (Å²) >= 11 is 0. The highest BCUT2D eigenvalue weighted by Crippen LogP contribution is 2.32. The smallest absolute Gasteiger partial charge is 0.358 e. The minimum atomic E-state index is -1.32. The van der Waals surface area contributed by atoms with Crippen LogP contribution < -0.4 is 10.6 Å². The van der Waals surface area contributed by atoms with Gasteiger partial charge in [-0.2, -0.15) is 9.78 Å². The van der Waals surface area contributed by atoms with E-state index in [2.05, 4.69) is 15.2 Å². The van der Waals surface area contributed by atoms with Gasteiger partial charge in [-0.05, 0) is 24.3 Å². The minimum absolute atomic E-state index is 0.00620. The van der Waals surface area contributed by atoms with Gasteiger partial charge in [0, 0.05) is 32.3 Å². The van der Waals surface area contributed by atoms with E-state index >= 15 is 0 Å². The summed E-state index contributed by atoms with van der Waals surface area (Å²) < 4.78 is 11.2. The van der Waals surface area contributed by atoms with Crippen molar-refractivity contribution in [1.29, 1.82) is 0 Å². The van der Waals surface area contributed by atoms with Crippen molar-refractivity contribution in [2.75, 3.05) is 19.0 Å². The molecule has 3 N–H and O–H groups in total. The van der Waals surface area contributed by atoms with Crippen LogP contribution in [0.5, 0.6) is 0 Å². The topological polar surface area (TPSA) is 171 Å². The van der Waals surface area contributed by atoms with Crippen LogP contribution in [0.15, 0.2) is 45.2 Å². The number of Topliss-reactive ketones (excluding diaryl/α,β-unsaturated/α-hetero) is 1. The zero-order valence-corrected chi connectivity index (χ0v) is 18.5. The summed E-state index contributed by atoms with van der Waals surface area (Å²) in [6.45, 7) is 1.35. The largest absolute Gasteiger partial charge is 0.476 e. The number of oxazole rings is 1. The molecule has 174 valence electrons. The Bertz CT molecular complexity index is 1410. The number of ketones is 1. The highest BCUT2D eigenvalue weighted by atomic mass is 16.4. The van der Waals surface area contributed by atoms with Gasteiger partial charge in [0.05, 0.1) is 0 Å². The molecule has 0 bridgehead atoms. The fraction of sp³-hybridized carbons (Fsp3) is 0.182. The molecule has 0 aliphatic heterocycles. The maximum absolute atomic E-state index is 12.0. The molecule has 4 rings (SSSR count). The average molecular weight is 464 g/mol. The Morgan fingerprint density at radius 3 is 2.47 bits per heavy atom. The quantitative estimate of drug-likeness (QED) is 0.369. The molecule has 3 heterocycles. The van der Waals surface area contributed by atoms with Crippen LogP contribution in [0.2, 0.25) is 0 Å². The van der Waals surface area contributed by atoms with Gasteiger partial charge in [-0.1, -0.05) is 12.1 Å². The third-order valence-corrected chi connectivity index (χ3v) is 4.85. The fourth-order valence-corrected chi connectivity index (χ4v) is 3.21. The normalized spacial score (nSPS) is 10.9. The lowest BCUT2D eigenvalue weighted by Crippen LogP contribution is -2.13. The van der Waals surface area contributed by atoms with Crippen molar-refractivity contribution in [2.24, 2.45) is 5.73 Å². The molecule has 34 heavy (non-hydrogen) atoms. The summed E-state index contributed by atoms with van der Waals surface area (Å²) in [6.07, 6.45) is 0. The molecule has 0 saturated heterocycles. The summed E-state index contributed by atoms with van der Waals surface area (Å²) in [4.78, 5) is 42.4. The van der Waals surface area contributed by atoms with E-state index in [0.717, 1.165) is 10.5 Å². The number of nitrogens with two attached hydrogens (primary N) is 1. The van der Waals surface area contributed by atoms with Gasteiger partial charge in [-0.3, -0.25) is 9.59 Å². The van der Waals surface area contributed by atoms with Gasteiger partial charge in [-0.25, -0.2) is 4.79 Å². The summed E-state index contributed by atoms with van der Waals surface area (Å²) in [7, 11) is 3.69. The highest BCUT2D eigenvalue weighted by Gasteiger charge is 2.28. The van der Waals surface area contributed by atoms with Crippen LogP contribution in [0.25, 0.3) is 22.9 Å². The number of hydrogen-bond acceptors (Lipinski definition) is 9. The van der Waals surface area contributed by atoms with Crippen molar-refractivity contribution in [2.45, 2.75) is 13.5 Å². The molecule has 4 aromatic rings. The lowest BCUT2D eigenvalue weighted by molar-refractivity contribution is 0.0691. The molecular formula is C22H20N6O6. The molecular weight excluding hydrogens is 444 g/mol. The van der Waals surface area contributed by atoms with Crippen LogP contribution in [-0.2, 0) is 6.54 Å². The van der Waals surface area contributed by atoms with Crippen molar-refractivity contribution in [1.82, 2.24) is 20.0 Å². The van der Waals surface area contributed by atoms with Gasteiger partial charge in [-0.15, -0.1) is 10.2 Å². The van der Waals surface area contributed by atoms with Crippen LogP contribution in [0.4, 0.5) is 5.69 Å². The second kappa shape index (κ2) is 8.65. The third-order valence-electron chi connectivity index (χ3n) is 4.85. The van der Waals surface area contributed by atoms with Gasteiger partial charge in [0.15, 0.2) is 34.4 Å². The van der Waals surface area contributed by atoms with Crippen LogP contribution >= 0.6 is 0 Å². The number of rotatable bonds is 8. The van der Waals surface area contributed by atoms with E-state index in [0.29, 0.717) is 11.3 Å². The predicted octanol–water partition coefficient (Wildman–Crippen LogP) is 2.31. The van der Waals surface area contributed by atoms with E-state index in [-0.39, 0.29) is 46.8 Å². The van der Waals surface area contributed by atoms with Gasteiger partial charge in [0.2, 0.25) is 0 Å². The number of amides is 1. The first-order valence-electron chi connectivity index (χ1n) is 10.0. The van der Waals surface area contributed by atoms with E-state index in [1.807, 2.05) is 25.1 Å². The number of anilines is 1. The Morgan fingerprint density at radius 1 is 1.09 bits per heavy atom. The van der Waals surface area contributed by atoms with E-state index in [1.54, 1.807) is 24.3 Å². The lowest BCUT2D eigenvalue weighted by Gasteiger charge is -2.12. The number of carbonyl (C=O) groups excluding carboxylic acids is 2. The number of aromatic nitrogens is 4. The average Bonchev–Trinajstić information content (AvgIpc) is 3.52. The zero-order valence-electron chi connectivity index (χ0n) is 18.5. The fourth-order valence-electron chi connectivity index (χ4n) is 3.21. The first kappa shape index (κ1) is 22.5. The molecule has 0 aliphatic carbocycles. The second-order valence-electron chi connectivity index (χ2n) is 7.56. The van der Waals surface area contributed by atoms with E-state index in [1.165, 1.54) is 13.0 Å². The van der Waals surface area contributed by atoms with Crippen LogP contribution in [0, 0.1) is 0 Å². The van der Waals surface area contributed by atoms with Crippen molar-refractivity contribution in [3.63, 3.8) is 0 Å². The standard InChI is InChI=1S/C22H20N6O6/c1-11(29)15-8-7-14(33-15)10-28-25-16(20(23)30)17(26-28)21-24-18(22(31)32)19(34-21)12-5-4-6-13(9-12)27(2)3/h4-9H,10H2,1-3H3,(H2,23,30)(H,31,32). The van der Waals surface area contributed by atoms with E-state index in [9.17, 15) is 19.5 Å². The number of carboxylic acids is 1. The highest BCUT2D eigenvalue weighted by molar-refractivity contribution is 5.97. The number of carbonyl (C=O) groups is 3. The Kier molecular flexibility index (Phi) is 5.72. The number of aromatic carboxylic acids is 1. The number of carboxylic acid groups (broad SMARTS) is 1. The van der Waals surface area contributed by atoms with Gasteiger partial charge in [0.1, 0.15) is 12.3 Å². The first-order valence-corrected chi connectivity index (χ1v) is 10.0. The molecule has 12 nitrogen and oxygen atoms in total. The maximum atomic E-state index is 12.0. The van der Waals surface area contributed by atoms with Gasteiger partial charge < -0.3 is 24.6 Å². The molecule has 0 atom stereocenters. The van der Waals surface area contributed by atoms with Crippen molar-refractivity contribution in [3.05, 3.63) is 59.3 Å². The summed E-state index contributed by atoms with van der Waals surface area (Å²) in [5, 5.41) is 18.0. The Balaban J connectivity index is 1.77. The predicted molar refractivity (Wildman–Crippen MR) is 119 cm³/mol. The molecule has 0 saturated carbocycles. The second-order valence-corrected chi connectivity index (χ2v) is 7.56. The molecule has 0 fully saturated rings. The third kappa shape index (κ3) is 4.28. The van der Waals surface area contributed by atoms with Crippen molar-refractivity contribution >= 4 is 23.3 Å². The zero-order chi connectivity index (χ0) is 24.6. The number of hydrogen-bond donors (Lipinski definition) is 2. The molecule has 0 spiro atoms. The lowest BCUT2D eigenvalue weighted by atomic mass is 10.1. The molecule has 0 aliphatic rings. The Hall–Kier alpha value is -4.74. The molecule has 0 unspecified atom stereocenters. The summed E-state index contributed by atoms with van der Waals surface area (Å²) in [5.74, 6) is -2.18. The summed E-state index contributed by atoms with van der Waals surface area (Å²) in [6, 6.07) is 10.1. The van der Waals surface area contributed by atoms with Crippen molar-refractivity contribution in [3.8, 4) is 22.9 Å². The molecule has 1 amide bonds. The van der Waals surface area contributed by atoms with Gasteiger partial charge in [0.25, 0.3) is 11.8 Å². The Morgan fingerprint density at radius 2 is 1.85 bits per heavy atom. The molecule has 12 heteroatoms. The number of nitrogens with zero attached hydrogens (tertiary/aromatic N) is 5. The van der Waals surface area contributed by atoms with Crippen LogP contribution in [0.3, 0.4) is 0 Å². The summed E-state index contributed by atoms with van der Waals surface area (Å²) in [5.41, 5.74) is 6.02. The SMILES string of the molecule is CC(=O)c1ccc(Cn2nc(C(N)=O)c(-c3nc(C(=O)O)c(-c4cccc(N(C)C)c4)o3)n2)o1. The number of furan rings is 1. The van der Waals surface area contributed by atoms with E-state index in [4.69, 9.17) is 14.6 Å². The molecule has 1 aromatic carbocycles. The number of primary amides is 1. The number of benzene rings is 1. The molecule has 0 radical (unpaired) electrons. The first-order chi connectivity index (χ1) is 16.1. The van der Waals surface area contributed by atoms with Crippen molar-refractivity contribution < 1.29 is 28.3 Å².